The van der Waals surface area contributed by atoms with Gasteiger partial charge in [0.1, 0.15) is 5.76 Å². The Labute approximate surface area is 194 Å². The lowest BCUT2D eigenvalue weighted by atomic mass is 9.91. The molecule has 1 unspecified atom stereocenters. The minimum absolute atomic E-state index is 0.0409. The fourth-order valence-corrected chi connectivity index (χ4v) is 4.42. The van der Waals surface area contributed by atoms with Crippen LogP contribution in [0.5, 0.6) is 11.5 Å². The molecule has 0 radical (unpaired) electrons. The van der Waals surface area contributed by atoms with Crippen LogP contribution in [0.25, 0.3) is 16.7 Å². The van der Waals surface area contributed by atoms with Gasteiger partial charge in [0.15, 0.2) is 11.5 Å². The smallest absolute Gasteiger partial charge is 0.321 e. The van der Waals surface area contributed by atoms with Crippen molar-refractivity contribution in [2.24, 2.45) is 0 Å². The number of aromatic nitrogens is 1. The lowest BCUT2D eigenvalue weighted by molar-refractivity contribution is 0.205. The number of aryl methyl sites for hydroxylation is 2. The summed E-state index contributed by atoms with van der Waals surface area (Å²) in [7, 11) is 4.90. The number of carbonyl (C=O) groups is 1. The van der Waals surface area contributed by atoms with Gasteiger partial charge in [0.05, 0.1) is 19.9 Å². The average Bonchev–Trinajstić information content (AvgIpc) is 3.09. The highest BCUT2D eigenvalue weighted by Crippen LogP contribution is 2.39. The van der Waals surface area contributed by atoms with Crippen LogP contribution in [0.3, 0.4) is 0 Å². The molecule has 7 nitrogen and oxygen atoms in total. The number of amides is 2. The summed E-state index contributed by atoms with van der Waals surface area (Å²) in [4.78, 5) is 14.4. The van der Waals surface area contributed by atoms with E-state index in [4.69, 9.17) is 14.0 Å². The predicted octanol–water partition coefficient (Wildman–Crippen LogP) is 4.95. The molecule has 1 N–H and O–H groups in total. The molecule has 0 saturated carbocycles. The Kier molecular flexibility index (Phi) is 6.14. The van der Waals surface area contributed by atoms with Gasteiger partial charge in [-0.25, -0.2) is 4.79 Å². The Morgan fingerprint density at radius 1 is 1.09 bits per heavy atom. The third-order valence-electron chi connectivity index (χ3n) is 6.12. The molecule has 0 saturated heterocycles. The van der Waals surface area contributed by atoms with Gasteiger partial charge in [-0.05, 0) is 61.6 Å². The van der Waals surface area contributed by atoms with Crippen LogP contribution >= 0.6 is 0 Å². The topological polar surface area (TPSA) is 76.8 Å². The van der Waals surface area contributed by atoms with Gasteiger partial charge in [0.2, 0.25) is 0 Å². The Balaban J connectivity index is 1.87. The maximum atomic E-state index is 12.7. The van der Waals surface area contributed by atoms with Gasteiger partial charge < -0.3 is 19.3 Å². The van der Waals surface area contributed by atoms with Crippen LogP contribution in [-0.4, -0.2) is 43.4 Å². The largest absolute Gasteiger partial charge is 0.493 e. The number of rotatable bonds is 4. The highest BCUT2D eigenvalue weighted by atomic mass is 16.5. The van der Waals surface area contributed by atoms with Crippen LogP contribution in [-0.2, 0) is 6.42 Å². The number of fused-ring (bicyclic) bond motifs is 1. The molecule has 2 aromatic carbocycles. The number of nitrogens with zero attached hydrogens (tertiary/aromatic N) is 2. The molecular formula is C26H29N3O4. The molecule has 1 atom stereocenters. The molecule has 1 aliphatic heterocycles. The fourth-order valence-electron chi connectivity index (χ4n) is 4.42. The quantitative estimate of drug-likeness (QED) is 0.612. The van der Waals surface area contributed by atoms with Crippen molar-refractivity contribution in [3.8, 4) is 22.6 Å². The van der Waals surface area contributed by atoms with Gasteiger partial charge >= 0.3 is 6.03 Å². The number of hydrogen-bond acceptors (Lipinski definition) is 5. The number of urea groups is 1. The molecule has 0 bridgehead atoms. The summed E-state index contributed by atoms with van der Waals surface area (Å²) in [6, 6.07) is 12.0. The molecule has 0 spiro atoms. The summed E-state index contributed by atoms with van der Waals surface area (Å²) in [5.41, 5.74) is 6.92. The van der Waals surface area contributed by atoms with E-state index < -0.39 is 0 Å². The monoisotopic (exact) mass is 447 g/mol. The van der Waals surface area contributed by atoms with Crippen molar-refractivity contribution in [1.82, 2.24) is 15.4 Å². The lowest BCUT2D eigenvalue weighted by Crippen LogP contribution is -2.40. The van der Waals surface area contributed by atoms with E-state index in [1.807, 2.05) is 39.1 Å². The Morgan fingerprint density at radius 3 is 2.30 bits per heavy atom. The summed E-state index contributed by atoms with van der Waals surface area (Å²) in [5, 5.41) is 6.82. The fraction of sp³-hybridized carbons (Fsp3) is 0.308. The number of nitrogens with one attached hydrogen (secondary N) is 1. The summed E-state index contributed by atoms with van der Waals surface area (Å²) in [6.45, 7) is 5.89. The number of methoxy groups -OCH3 is 2. The normalized spacial score (nSPS) is 15.4. The van der Waals surface area contributed by atoms with Crippen molar-refractivity contribution < 1.29 is 18.8 Å². The number of ether oxygens (including phenoxy) is 2. The van der Waals surface area contributed by atoms with Gasteiger partial charge in [-0.2, -0.15) is 0 Å². The summed E-state index contributed by atoms with van der Waals surface area (Å²) in [6.07, 6.45) is 2.60. The first-order valence-electron chi connectivity index (χ1n) is 10.9. The van der Waals surface area contributed by atoms with Crippen molar-refractivity contribution >= 4 is 11.6 Å². The van der Waals surface area contributed by atoms with E-state index in [1.165, 1.54) is 0 Å². The molecule has 1 aromatic heterocycles. The summed E-state index contributed by atoms with van der Waals surface area (Å²) in [5.74, 6) is 2.11. The summed E-state index contributed by atoms with van der Waals surface area (Å²) < 4.78 is 16.5. The van der Waals surface area contributed by atoms with E-state index in [0.717, 1.165) is 44.8 Å². The minimum Gasteiger partial charge on any atom is -0.493 e. The van der Waals surface area contributed by atoms with Crippen molar-refractivity contribution in [1.29, 1.82) is 0 Å². The van der Waals surface area contributed by atoms with E-state index in [1.54, 1.807) is 26.2 Å². The van der Waals surface area contributed by atoms with E-state index in [2.05, 4.69) is 34.7 Å². The Bertz CT molecular complexity index is 1190. The van der Waals surface area contributed by atoms with E-state index >= 15 is 0 Å². The molecule has 172 valence electrons. The second-order valence-electron chi connectivity index (χ2n) is 8.20. The first-order chi connectivity index (χ1) is 15.9. The second-order valence-corrected chi connectivity index (χ2v) is 8.20. The van der Waals surface area contributed by atoms with Crippen LogP contribution in [0.1, 0.15) is 35.1 Å². The molecule has 1 aliphatic rings. The molecule has 33 heavy (non-hydrogen) atoms. The second kappa shape index (κ2) is 9.02. The van der Waals surface area contributed by atoms with Gasteiger partial charge in [0, 0.05) is 30.4 Å². The maximum absolute atomic E-state index is 12.7. The molecular weight excluding hydrogens is 418 g/mol. The standard InChI is InChI=1S/C26H29N3O4/c1-15-11-20-12-23(31-5)24(32-6)13-21(20)22(14-29(15)26(30)27-4)18-7-9-19(10-8-18)25-16(2)28-33-17(25)3/h7-10,12-15H,11H2,1-6H3,(H,27,30). The molecule has 2 amide bonds. The van der Waals surface area contributed by atoms with Crippen molar-refractivity contribution in [3.05, 3.63) is 70.7 Å². The zero-order valence-electron chi connectivity index (χ0n) is 19.9. The zero-order chi connectivity index (χ0) is 23.7. The van der Waals surface area contributed by atoms with E-state index in [-0.39, 0.29) is 12.1 Å². The third-order valence-corrected chi connectivity index (χ3v) is 6.12. The Morgan fingerprint density at radius 2 is 1.73 bits per heavy atom. The average molecular weight is 448 g/mol. The van der Waals surface area contributed by atoms with Gasteiger partial charge in [-0.3, -0.25) is 4.90 Å². The van der Waals surface area contributed by atoms with Crippen LogP contribution in [0.15, 0.2) is 47.1 Å². The van der Waals surface area contributed by atoms with Gasteiger partial charge in [-0.1, -0.05) is 29.4 Å². The molecule has 0 fully saturated rings. The highest BCUT2D eigenvalue weighted by molar-refractivity contribution is 5.87. The third kappa shape index (κ3) is 4.06. The first kappa shape index (κ1) is 22.5. The molecule has 2 heterocycles. The van der Waals surface area contributed by atoms with Crippen molar-refractivity contribution in [3.63, 3.8) is 0 Å². The van der Waals surface area contributed by atoms with Crippen LogP contribution < -0.4 is 14.8 Å². The van der Waals surface area contributed by atoms with Crippen molar-refractivity contribution in [2.45, 2.75) is 33.2 Å². The predicted molar refractivity (Wildman–Crippen MR) is 127 cm³/mol. The number of carbonyl (C=O) groups excluding carboxylic acids is 1. The number of benzene rings is 2. The highest BCUT2D eigenvalue weighted by Gasteiger charge is 2.27. The summed E-state index contributed by atoms with van der Waals surface area (Å²) >= 11 is 0. The number of hydrogen-bond donors (Lipinski definition) is 1. The van der Waals surface area contributed by atoms with Gasteiger partial charge in [-0.15, -0.1) is 0 Å². The molecule has 7 heteroatoms. The zero-order valence-corrected chi connectivity index (χ0v) is 19.9. The van der Waals surface area contributed by atoms with E-state index in [9.17, 15) is 4.79 Å². The van der Waals surface area contributed by atoms with Crippen LogP contribution in [0, 0.1) is 13.8 Å². The van der Waals surface area contributed by atoms with Crippen LogP contribution in [0.4, 0.5) is 4.79 Å². The minimum atomic E-state index is -0.154. The van der Waals surface area contributed by atoms with Crippen LogP contribution in [0.2, 0.25) is 0 Å². The first-order valence-corrected chi connectivity index (χ1v) is 10.9. The molecule has 3 aromatic rings. The molecule has 4 rings (SSSR count). The van der Waals surface area contributed by atoms with Gasteiger partial charge in [0.25, 0.3) is 0 Å². The molecule has 0 aliphatic carbocycles. The SMILES string of the molecule is CNC(=O)N1C=C(c2ccc(-c3c(C)noc3C)cc2)c2cc(OC)c(OC)cc2CC1C. The van der Waals surface area contributed by atoms with E-state index in [0.29, 0.717) is 17.9 Å². The van der Waals surface area contributed by atoms with Crippen molar-refractivity contribution in [2.75, 3.05) is 21.3 Å². The Hall–Kier alpha value is -3.74. The lowest BCUT2D eigenvalue weighted by Gasteiger charge is -2.24. The maximum Gasteiger partial charge on any atom is 0.321 e.